The van der Waals surface area contributed by atoms with Crippen LogP contribution in [0.3, 0.4) is 0 Å². The first-order valence-corrected chi connectivity index (χ1v) is 8.03. The van der Waals surface area contributed by atoms with Crippen molar-refractivity contribution < 1.29 is 14.3 Å². The van der Waals surface area contributed by atoms with Crippen LogP contribution >= 0.6 is 11.3 Å². The largest absolute Gasteiger partial charge is 0.497 e. The summed E-state index contributed by atoms with van der Waals surface area (Å²) < 4.78 is 10.7. The Labute approximate surface area is 142 Å². The number of fused-ring (bicyclic) bond motifs is 1. The van der Waals surface area contributed by atoms with Crippen molar-refractivity contribution in [3.63, 3.8) is 0 Å². The number of carbonyl (C=O) groups excluding carboxylic acids is 1. The summed E-state index contributed by atoms with van der Waals surface area (Å²) in [5.74, 6) is 0.0891. The van der Waals surface area contributed by atoms with Crippen LogP contribution in [0.1, 0.15) is 16.6 Å². The molecular weight excluding hydrogens is 328 g/mol. The Morgan fingerprint density at radius 1 is 1.33 bits per heavy atom. The molecule has 0 atom stereocenters. The van der Waals surface area contributed by atoms with Gasteiger partial charge in [-0.1, -0.05) is 12.1 Å². The Kier molecular flexibility index (Phi) is 4.22. The van der Waals surface area contributed by atoms with Crippen molar-refractivity contribution in [1.29, 1.82) is 0 Å². The van der Waals surface area contributed by atoms with Crippen LogP contribution in [-0.4, -0.2) is 29.6 Å². The minimum absolute atomic E-state index is 0.222. The second kappa shape index (κ2) is 6.32. The number of methoxy groups -OCH3 is 1. The SMILES string of the molecule is CCOc1nc(-c2cccc(OC)c2)c2c(N)c(C(N)=O)sc2n1. The number of carbonyl (C=O) groups is 1. The highest BCUT2D eigenvalue weighted by molar-refractivity contribution is 7.21. The molecule has 0 aliphatic carbocycles. The topological polar surface area (TPSA) is 113 Å². The maximum absolute atomic E-state index is 11.6. The van der Waals surface area contributed by atoms with Crippen LogP contribution in [0.25, 0.3) is 21.5 Å². The van der Waals surface area contributed by atoms with Gasteiger partial charge in [-0.15, -0.1) is 11.3 Å². The summed E-state index contributed by atoms with van der Waals surface area (Å²) in [6.45, 7) is 2.27. The average molecular weight is 344 g/mol. The molecule has 1 aromatic carbocycles. The lowest BCUT2D eigenvalue weighted by atomic mass is 10.1. The molecule has 4 N–H and O–H groups in total. The molecule has 0 saturated heterocycles. The van der Waals surface area contributed by atoms with Crippen molar-refractivity contribution in [2.24, 2.45) is 5.73 Å². The van der Waals surface area contributed by atoms with Gasteiger partial charge in [-0.25, -0.2) is 0 Å². The first kappa shape index (κ1) is 16.0. The van der Waals surface area contributed by atoms with E-state index in [1.165, 1.54) is 0 Å². The fourth-order valence-corrected chi connectivity index (χ4v) is 3.30. The molecule has 7 nitrogen and oxygen atoms in total. The van der Waals surface area contributed by atoms with Gasteiger partial charge in [-0.2, -0.15) is 9.97 Å². The molecule has 0 aliphatic heterocycles. The van der Waals surface area contributed by atoms with Crippen molar-refractivity contribution in [2.45, 2.75) is 6.92 Å². The fourth-order valence-electron chi connectivity index (χ4n) is 2.36. The van der Waals surface area contributed by atoms with Crippen LogP contribution < -0.4 is 20.9 Å². The zero-order chi connectivity index (χ0) is 17.3. The molecule has 2 aromatic heterocycles. The Morgan fingerprint density at radius 2 is 2.12 bits per heavy atom. The molecule has 3 aromatic rings. The van der Waals surface area contributed by atoms with E-state index in [-0.39, 0.29) is 16.6 Å². The Balaban J connectivity index is 2.32. The third-order valence-corrected chi connectivity index (χ3v) is 4.52. The predicted molar refractivity (Wildman–Crippen MR) is 93.5 cm³/mol. The minimum Gasteiger partial charge on any atom is -0.497 e. The number of nitrogen functional groups attached to an aromatic ring is 1. The van der Waals surface area contributed by atoms with Gasteiger partial charge in [0.25, 0.3) is 5.91 Å². The summed E-state index contributed by atoms with van der Waals surface area (Å²) >= 11 is 1.13. The van der Waals surface area contributed by atoms with Crippen molar-refractivity contribution in [1.82, 2.24) is 9.97 Å². The average Bonchev–Trinajstić information content (AvgIpc) is 2.92. The van der Waals surface area contributed by atoms with Gasteiger partial charge in [-0.3, -0.25) is 4.79 Å². The second-order valence-electron chi connectivity index (χ2n) is 4.91. The van der Waals surface area contributed by atoms with E-state index in [0.717, 1.165) is 16.9 Å². The van der Waals surface area contributed by atoms with Crippen molar-refractivity contribution >= 4 is 33.1 Å². The summed E-state index contributed by atoms with van der Waals surface area (Å²) in [6, 6.07) is 7.61. The van der Waals surface area contributed by atoms with Crippen LogP contribution in [0.4, 0.5) is 5.69 Å². The zero-order valence-electron chi connectivity index (χ0n) is 13.2. The number of hydrogen-bond donors (Lipinski definition) is 2. The number of nitrogens with zero attached hydrogens (tertiary/aromatic N) is 2. The zero-order valence-corrected chi connectivity index (χ0v) is 14.0. The molecule has 24 heavy (non-hydrogen) atoms. The van der Waals surface area contributed by atoms with Crippen LogP contribution in [-0.2, 0) is 0 Å². The number of anilines is 1. The van der Waals surface area contributed by atoms with Gasteiger partial charge in [-0.05, 0) is 19.1 Å². The molecule has 3 rings (SSSR count). The summed E-state index contributed by atoms with van der Waals surface area (Å²) in [4.78, 5) is 21.2. The van der Waals surface area contributed by atoms with Gasteiger partial charge in [0.05, 0.1) is 30.5 Å². The van der Waals surface area contributed by atoms with Crippen LogP contribution in [0.15, 0.2) is 24.3 Å². The fraction of sp³-hybridized carbons (Fsp3) is 0.188. The maximum atomic E-state index is 11.6. The number of thiophene rings is 1. The molecule has 0 unspecified atom stereocenters. The smallest absolute Gasteiger partial charge is 0.318 e. The van der Waals surface area contributed by atoms with Gasteiger partial charge in [0.1, 0.15) is 15.5 Å². The summed E-state index contributed by atoms with van der Waals surface area (Å²) in [5.41, 5.74) is 13.2. The number of hydrogen-bond acceptors (Lipinski definition) is 7. The number of aromatic nitrogens is 2. The quantitative estimate of drug-likeness (QED) is 0.735. The highest BCUT2D eigenvalue weighted by atomic mass is 32.1. The predicted octanol–water partition coefficient (Wildman–Crippen LogP) is 2.45. The second-order valence-corrected chi connectivity index (χ2v) is 5.91. The molecule has 0 saturated carbocycles. The lowest BCUT2D eigenvalue weighted by Crippen LogP contribution is -2.10. The number of rotatable bonds is 5. The summed E-state index contributed by atoms with van der Waals surface area (Å²) in [6.07, 6.45) is 0. The Bertz CT molecular complexity index is 923. The van der Waals surface area contributed by atoms with E-state index in [2.05, 4.69) is 9.97 Å². The summed E-state index contributed by atoms with van der Waals surface area (Å²) in [5, 5.41) is 0.588. The van der Waals surface area contributed by atoms with Gasteiger partial charge in [0.2, 0.25) is 0 Å². The molecular formula is C16H16N4O3S. The Morgan fingerprint density at radius 3 is 2.79 bits per heavy atom. The molecule has 8 heteroatoms. The van der Waals surface area contributed by atoms with E-state index < -0.39 is 5.91 Å². The van der Waals surface area contributed by atoms with Crippen LogP contribution in [0, 0.1) is 0 Å². The van der Waals surface area contributed by atoms with E-state index in [1.54, 1.807) is 7.11 Å². The van der Waals surface area contributed by atoms with Crippen molar-refractivity contribution in [3.05, 3.63) is 29.1 Å². The Hall–Kier alpha value is -2.87. The highest BCUT2D eigenvalue weighted by Gasteiger charge is 2.21. The maximum Gasteiger partial charge on any atom is 0.318 e. The third-order valence-electron chi connectivity index (χ3n) is 3.41. The molecule has 0 aliphatic rings. The van der Waals surface area contributed by atoms with Crippen molar-refractivity contribution in [2.75, 3.05) is 19.5 Å². The van der Waals surface area contributed by atoms with Gasteiger partial charge in [0.15, 0.2) is 0 Å². The molecule has 0 radical (unpaired) electrons. The number of ether oxygens (including phenoxy) is 2. The molecule has 0 fully saturated rings. The molecule has 0 spiro atoms. The van der Waals surface area contributed by atoms with E-state index in [1.807, 2.05) is 31.2 Å². The molecule has 2 heterocycles. The van der Waals surface area contributed by atoms with Gasteiger partial charge < -0.3 is 20.9 Å². The lowest BCUT2D eigenvalue weighted by Gasteiger charge is -2.08. The summed E-state index contributed by atoms with van der Waals surface area (Å²) in [7, 11) is 1.59. The van der Waals surface area contributed by atoms with E-state index in [9.17, 15) is 4.79 Å². The molecule has 1 amide bonds. The van der Waals surface area contributed by atoms with E-state index in [0.29, 0.717) is 28.3 Å². The normalized spacial score (nSPS) is 10.8. The van der Waals surface area contributed by atoms with Crippen molar-refractivity contribution in [3.8, 4) is 23.0 Å². The number of amides is 1. The van der Waals surface area contributed by atoms with Gasteiger partial charge in [0, 0.05) is 5.56 Å². The van der Waals surface area contributed by atoms with Crippen LogP contribution in [0.2, 0.25) is 0 Å². The monoisotopic (exact) mass is 344 g/mol. The highest BCUT2D eigenvalue weighted by Crippen LogP contribution is 2.39. The van der Waals surface area contributed by atoms with E-state index >= 15 is 0 Å². The molecule has 0 bridgehead atoms. The van der Waals surface area contributed by atoms with Crippen LogP contribution in [0.5, 0.6) is 11.8 Å². The number of primary amides is 1. The number of nitrogens with two attached hydrogens (primary N) is 2. The number of benzene rings is 1. The van der Waals surface area contributed by atoms with Gasteiger partial charge >= 0.3 is 6.01 Å². The first-order chi connectivity index (χ1) is 11.5. The molecule has 124 valence electrons. The third kappa shape index (κ3) is 2.71. The first-order valence-electron chi connectivity index (χ1n) is 7.22. The van der Waals surface area contributed by atoms with E-state index in [4.69, 9.17) is 20.9 Å². The lowest BCUT2D eigenvalue weighted by molar-refractivity contribution is 0.100. The minimum atomic E-state index is -0.593. The standard InChI is InChI=1S/C16H16N4O3S/c1-3-23-16-19-12(8-5-4-6-9(7-8)22-2)10-11(17)13(14(18)21)24-15(10)20-16/h4-7H,3,17H2,1-2H3,(H2,18,21).